The van der Waals surface area contributed by atoms with Crippen LogP contribution in [0.3, 0.4) is 0 Å². The van der Waals surface area contributed by atoms with Gasteiger partial charge >= 0.3 is 0 Å². The van der Waals surface area contributed by atoms with Gasteiger partial charge in [-0.25, -0.2) is 14.4 Å². The first-order valence-electron chi connectivity index (χ1n) is 11.0. The van der Waals surface area contributed by atoms with Crippen molar-refractivity contribution >= 4 is 29.5 Å². The molecule has 10 heteroatoms. The Kier molecular flexibility index (Phi) is 14.0. The van der Waals surface area contributed by atoms with E-state index in [0.29, 0.717) is 42.4 Å². The summed E-state index contributed by atoms with van der Waals surface area (Å²) in [5.41, 5.74) is 9.27. The minimum Gasteiger partial charge on any atom is -0.400 e. The predicted octanol–water partition coefficient (Wildman–Crippen LogP) is 3.64. The molecule has 1 aliphatic rings. The third-order valence-corrected chi connectivity index (χ3v) is 5.10. The summed E-state index contributed by atoms with van der Waals surface area (Å²) in [6, 6.07) is 5.13. The maximum absolute atomic E-state index is 13.0. The van der Waals surface area contributed by atoms with Crippen molar-refractivity contribution in [3.8, 4) is 0 Å². The van der Waals surface area contributed by atoms with Crippen molar-refractivity contribution in [3.05, 3.63) is 45.9 Å². The number of anilines is 2. The molecule has 0 spiro atoms. The zero-order chi connectivity index (χ0) is 24.6. The van der Waals surface area contributed by atoms with Crippen molar-refractivity contribution in [2.45, 2.75) is 52.9 Å². The van der Waals surface area contributed by atoms with Crippen LogP contribution in [-0.4, -0.2) is 41.8 Å². The number of halogens is 2. The number of amides is 1. The number of aliphatic hydroxyl groups is 1. The summed E-state index contributed by atoms with van der Waals surface area (Å²) >= 11 is 6.16. The minimum atomic E-state index is -0.582. The largest absolute Gasteiger partial charge is 0.400 e. The molecule has 1 aromatic heterocycles. The highest BCUT2D eigenvalue weighted by Gasteiger charge is 2.19. The quantitative estimate of drug-likeness (QED) is 0.231. The number of rotatable bonds is 10. The molecule has 8 nitrogen and oxygen atoms in total. The highest BCUT2D eigenvalue weighted by molar-refractivity contribution is 6.28. The van der Waals surface area contributed by atoms with Crippen molar-refractivity contribution in [3.63, 3.8) is 0 Å². The van der Waals surface area contributed by atoms with Gasteiger partial charge in [0.25, 0.3) is 0 Å². The molecule has 2 aromatic rings. The fourth-order valence-corrected chi connectivity index (χ4v) is 3.68. The summed E-state index contributed by atoms with van der Waals surface area (Å²) in [5, 5.41) is 13.0. The Bertz CT molecular complexity index is 851. The number of aryl methyl sites for hydroxylation is 1. The Morgan fingerprint density at radius 2 is 1.97 bits per heavy atom. The standard InChI is InChI=1S/C20H25ClFN5O2.C2H6.CH4O/c21-20-26-18(2-1-13-3-4-29-11-13)17(10-24-12-28)19(27-20)25-9-15-5-14(8-22)6-16(23)7-15;2*1-2/h5-7,12-13H,1-4,8-11,23H2,(H,24,28)(H,25,26,27);1-2H3;2H,1H3. The summed E-state index contributed by atoms with van der Waals surface area (Å²) in [5.74, 6) is 1.04. The number of nitrogen functional groups attached to an aromatic ring is 1. The lowest BCUT2D eigenvalue weighted by atomic mass is 9.99. The van der Waals surface area contributed by atoms with Gasteiger partial charge in [-0.05, 0) is 60.0 Å². The number of hydrogen-bond donors (Lipinski definition) is 4. The predicted molar refractivity (Wildman–Crippen MR) is 130 cm³/mol. The number of aliphatic hydroxyl groups excluding tert-OH is 1. The topological polar surface area (TPSA) is 122 Å². The minimum absolute atomic E-state index is 0.136. The van der Waals surface area contributed by atoms with Crippen molar-refractivity contribution < 1.29 is 19.0 Å². The zero-order valence-corrected chi connectivity index (χ0v) is 20.3. The van der Waals surface area contributed by atoms with Crippen molar-refractivity contribution in [2.24, 2.45) is 5.92 Å². The van der Waals surface area contributed by atoms with Crippen LogP contribution in [0, 0.1) is 5.92 Å². The van der Waals surface area contributed by atoms with E-state index in [4.69, 9.17) is 27.2 Å². The highest BCUT2D eigenvalue weighted by atomic mass is 35.5. The van der Waals surface area contributed by atoms with Crippen LogP contribution in [0.4, 0.5) is 15.9 Å². The molecule has 1 aliphatic heterocycles. The van der Waals surface area contributed by atoms with Crippen LogP contribution >= 0.6 is 11.6 Å². The van der Waals surface area contributed by atoms with Gasteiger partial charge in [0.2, 0.25) is 11.7 Å². The second-order valence-electron chi connectivity index (χ2n) is 7.10. The number of nitrogens with one attached hydrogen (secondary N) is 2. The lowest BCUT2D eigenvalue weighted by Gasteiger charge is -2.16. The smallest absolute Gasteiger partial charge is 0.224 e. The molecule has 3 rings (SSSR count). The van der Waals surface area contributed by atoms with Crippen molar-refractivity contribution in [1.82, 2.24) is 15.3 Å². The molecule has 1 saturated heterocycles. The normalized spacial score (nSPS) is 14.4. The number of carbonyl (C=O) groups excluding carboxylic acids is 1. The summed E-state index contributed by atoms with van der Waals surface area (Å²) in [6.45, 7) is 5.64. The van der Waals surface area contributed by atoms with E-state index in [1.807, 2.05) is 13.8 Å². The Hall–Kier alpha value is -2.49. The number of alkyl halides is 1. The SMILES string of the molecule is CC.CO.Nc1cc(CF)cc(CNc2nc(Cl)nc(CCC3CCOC3)c2CNC=O)c1. The first-order chi connectivity index (χ1) is 16.1. The van der Waals surface area contributed by atoms with Crippen LogP contribution < -0.4 is 16.4 Å². The Morgan fingerprint density at radius 1 is 1.24 bits per heavy atom. The van der Waals surface area contributed by atoms with Gasteiger partial charge in [0.1, 0.15) is 12.5 Å². The Labute approximate surface area is 200 Å². The molecule has 0 saturated carbocycles. The van der Waals surface area contributed by atoms with Gasteiger partial charge in [-0.15, -0.1) is 0 Å². The van der Waals surface area contributed by atoms with Gasteiger partial charge in [0.05, 0.1) is 5.69 Å². The third kappa shape index (κ3) is 9.49. The van der Waals surface area contributed by atoms with Gasteiger partial charge in [-0.3, -0.25) is 4.79 Å². The Balaban J connectivity index is 0.00000129. The van der Waals surface area contributed by atoms with Crippen LogP contribution in [0.1, 0.15) is 49.1 Å². The summed E-state index contributed by atoms with van der Waals surface area (Å²) < 4.78 is 18.4. The molecule has 2 heterocycles. The molecular formula is C23H35ClFN5O3. The van der Waals surface area contributed by atoms with E-state index in [9.17, 15) is 9.18 Å². The molecule has 184 valence electrons. The van der Waals surface area contributed by atoms with Crippen LogP contribution in [0.5, 0.6) is 0 Å². The second-order valence-corrected chi connectivity index (χ2v) is 7.44. The molecule has 1 amide bonds. The molecule has 0 radical (unpaired) electrons. The first-order valence-corrected chi connectivity index (χ1v) is 11.4. The van der Waals surface area contributed by atoms with Gasteiger partial charge in [-0.2, -0.15) is 0 Å². The van der Waals surface area contributed by atoms with E-state index in [0.717, 1.165) is 50.0 Å². The molecule has 33 heavy (non-hydrogen) atoms. The van der Waals surface area contributed by atoms with Gasteiger partial charge < -0.3 is 26.2 Å². The number of hydrogen-bond acceptors (Lipinski definition) is 7. The van der Waals surface area contributed by atoms with Crippen LogP contribution in [-0.2, 0) is 35.7 Å². The number of nitrogens with two attached hydrogens (primary N) is 1. The lowest BCUT2D eigenvalue weighted by molar-refractivity contribution is -0.109. The average Bonchev–Trinajstić information content (AvgIpc) is 3.36. The summed E-state index contributed by atoms with van der Waals surface area (Å²) in [6.07, 6.45) is 3.32. The molecule has 0 bridgehead atoms. The van der Waals surface area contributed by atoms with Crippen LogP contribution in [0.15, 0.2) is 18.2 Å². The van der Waals surface area contributed by atoms with E-state index in [-0.39, 0.29) is 11.8 Å². The number of nitrogens with zero attached hydrogens (tertiary/aromatic N) is 2. The van der Waals surface area contributed by atoms with E-state index >= 15 is 0 Å². The first kappa shape index (κ1) is 28.5. The number of benzene rings is 1. The van der Waals surface area contributed by atoms with E-state index in [1.54, 1.807) is 18.2 Å². The third-order valence-electron chi connectivity index (χ3n) is 4.93. The Morgan fingerprint density at radius 3 is 2.61 bits per heavy atom. The van der Waals surface area contributed by atoms with E-state index in [2.05, 4.69) is 20.6 Å². The maximum atomic E-state index is 13.0. The fourth-order valence-electron chi connectivity index (χ4n) is 3.49. The van der Waals surface area contributed by atoms with Gasteiger partial charge in [-0.1, -0.05) is 19.9 Å². The summed E-state index contributed by atoms with van der Waals surface area (Å²) in [4.78, 5) is 19.6. The molecule has 1 unspecified atom stereocenters. The second kappa shape index (κ2) is 16.2. The van der Waals surface area contributed by atoms with Crippen molar-refractivity contribution in [2.75, 3.05) is 31.4 Å². The van der Waals surface area contributed by atoms with E-state index in [1.165, 1.54) is 0 Å². The number of carbonyl (C=O) groups is 1. The van der Waals surface area contributed by atoms with Gasteiger partial charge in [0, 0.05) is 44.7 Å². The van der Waals surface area contributed by atoms with Crippen molar-refractivity contribution in [1.29, 1.82) is 0 Å². The monoisotopic (exact) mass is 483 g/mol. The number of ether oxygens (including phenoxy) is 1. The highest BCUT2D eigenvalue weighted by Crippen LogP contribution is 2.25. The van der Waals surface area contributed by atoms with Crippen LogP contribution in [0.25, 0.3) is 0 Å². The van der Waals surface area contributed by atoms with Crippen LogP contribution in [0.2, 0.25) is 5.28 Å². The summed E-state index contributed by atoms with van der Waals surface area (Å²) in [7, 11) is 1.00. The molecular weight excluding hydrogens is 449 g/mol. The molecule has 1 atom stereocenters. The molecule has 1 fully saturated rings. The average molecular weight is 484 g/mol. The molecule has 5 N–H and O–H groups in total. The fraction of sp³-hybridized carbons (Fsp3) is 0.522. The lowest BCUT2D eigenvalue weighted by Crippen LogP contribution is -2.17. The number of aromatic nitrogens is 2. The molecule has 1 aromatic carbocycles. The maximum Gasteiger partial charge on any atom is 0.224 e. The molecule has 0 aliphatic carbocycles. The van der Waals surface area contributed by atoms with E-state index < -0.39 is 6.67 Å². The zero-order valence-electron chi connectivity index (χ0n) is 19.5. The van der Waals surface area contributed by atoms with Gasteiger partial charge in [0.15, 0.2) is 0 Å².